The molecule has 22 heavy (non-hydrogen) atoms. The Morgan fingerprint density at radius 2 is 2.27 bits per heavy atom. The average molecular weight is 302 g/mol. The van der Waals surface area contributed by atoms with Crippen LogP contribution in [0.3, 0.4) is 0 Å². The predicted octanol–water partition coefficient (Wildman–Crippen LogP) is 1.13. The van der Waals surface area contributed by atoms with Gasteiger partial charge in [0.15, 0.2) is 0 Å². The Balaban J connectivity index is 1.86. The summed E-state index contributed by atoms with van der Waals surface area (Å²) < 4.78 is 7.70. The third-order valence-electron chi connectivity index (χ3n) is 3.93. The summed E-state index contributed by atoms with van der Waals surface area (Å²) >= 11 is 0. The predicted molar refractivity (Wildman–Crippen MR) is 83.5 cm³/mol. The molecule has 3 heterocycles. The molecule has 1 atom stereocenters. The van der Waals surface area contributed by atoms with Gasteiger partial charge in [-0.15, -0.1) is 0 Å². The molecule has 0 radical (unpaired) electrons. The molecular formula is C15H22N6O. The number of aromatic nitrogens is 4. The Hall–Kier alpha value is -1.99. The summed E-state index contributed by atoms with van der Waals surface area (Å²) in [5, 5.41) is 3.09. The molecule has 0 unspecified atom stereocenters. The average Bonchev–Trinajstić information content (AvgIpc) is 2.92. The van der Waals surface area contributed by atoms with Crippen molar-refractivity contribution in [3.63, 3.8) is 0 Å². The lowest BCUT2D eigenvalue weighted by atomic mass is 10.2. The smallest absolute Gasteiger partial charge is 0.150 e. The number of hydrogen-bond acceptors (Lipinski definition) is 6. The molecule has 0 amide bonds. The molecule has 0 saturated carbocycles. The zero-order valence-electron chi connectivity index (χ0n) is 13.3. The molecule has 0 aliphatic carbocycles. The fraction of sp³-hybridized carbons (Fsp3) is 0.533. The van der Waals surface area contributed by atoms with Crippen LogP contribution < -0.4 is 5.32 Å². The SMILES string of the molecule is CNc1cc(C)nc([C@@H]2COCCN2Cc2nccn2C)n1. The lowest BCUT2D eigenvalue weighted by molar-refractivity contribution is -0.0173. The molecular weight excluding hydrogens is 280 g/mol. The molecule has 1 aliphatic heterocycles. The van der Waals surface area contributed by atoms with Crippen molar-refractivity contribution in [2.45, 2.75) is 19.5 Å². The fourth-order valence-corrected chi connectivity index (χ4v) is 2.66. The number of hydrogen-bond donors (Lipinski definition) is 1. The third kappa shape index (κ3) is 3.10. The number of nitrogens with zero attached hydrogens (tertiary/aromatic N) is 5. The maximum atomic E-state index is 5.66. The van der Waals surface area contributed by atoms with Crippen LogP contribution >= 0.6 is 0 Å². The Bertz CT molecular complexity index is 641. The minimum absolute atomic E-state index is 0.0532. The minimum atomic E-state index is 0.0532. The van der Waals surface area contributed by atoms with Gasteiger partial charge in [0.25, 0.3) is 0 Å². The Kier molecular flexibility index (Phi) is 4.35. The van der Waals surface area contributed by atoms with Gasteiger partial charge in [0.2, 0.25) is 0 Å². The van der Waals surface area contributed by atoms with E-state index in [0.717, 1.165) is 42.9 Å². The number of rotatable bonds is 4. The van der Waals surface area contributed by atoms with Crippen LogP contribution in [0.5, 0.6) is 0 Å². The van der Waals surface area contributed by atoms with E-state index in [1.165, 1.54) is 0 Å². The zero-order valence-corrected chi connectivity index (χ0v) is 13.3. The number of nitrogens with one attached hydrogen (secondary N) is 1. The summed E-state index contributed by atoms with van der Waals surface area (Å²) in [7, 11) is 3.88. The van der Waals surface area contributed by atoms with Gasteiger partial charge in [-0.2, -0.15) is 0 Å². The fourth-order valence-electron chi connectivity index (χ4n) is 2.66. The first-order valence-electron chi connectivity index (χ1n) is 7.48. The van der Waals surface area contributed by atoms with Crippen molar-refractivity contribution in [1.82, 2.24) is 24.4 Å². The molecule has 0 aromatic carbocycles. The van der Waals surface area contributed by atoms with E-state index in [9.17, 15) is 0 Å². The Labute approximate surface area is 130 Å². The van der Waals surface area contributed by atoms with Crippen LogP contribution in [0, 0.1) is 6.92 Å². The molecule has 1 aliphatic rings. The molecule has 2 aromatic heterocycles. The maximum absolute atomic E-state index is 5.66. The molecule has 0 bridgehead atoms. The number of ether oxygens (including phenoxy) is 1. The molecule has 7 heteroatoms. The highest BCUT2D eigenvalue weighted by Crippen LogP contribution is 2.24. The highest BCUT2D eigenvalue weighted by molar-refractivity contribution is 5.35. The lowest BCUT2D eigenvalue weighted by Crippen LogP contribution is -2.40. The molecule has 1 fully saturated rings. The van der Waals surface area contributed by atoms with E-state index in [1.807, 2.05) is 44.0 Å². The monoisotopic (exact) mass is 302 g/mol. The van der Waals surface area contributed by atoms with Crippen molar-refractivity contribution in [3.8, 4) is 0 Å². The maximum Gasteiger partial charge on any atom is 0.150 e. The van der Waals surface area contributed by atoms with Crippen LogP contribution in [0.2, 0.25) is 0 Å². The van der Waals surface area contributed by atoms with Crippen molar-refractivity contribution in [2.24, 2.45) is 7.05 Å². The molecule has 3 rings (SSSR count). The standard InChI is InChI=1S/C15H22N6O/c1-11-8-13(16-2)19-15(18-11)12-10-22-7-6-21(12)9-14-17-4-5-20(14)3/h4-5,8,12H,6-7,9-10H2,1-3H3,(H,16,18,19)/t12-/m0/s1. The Morgan fingerprint density at radius 1 is 1.41 bits per heavy atom. The topological polar surface area (TPSA) is 68.1 Å². The lowest BCUT2D eigenvalue weighted by Gasteiger charge is -2.34. The molecule has 0 spiro atoms. The van der Waals surface area contributed by atoms with E-state index in [2.05, 4.69) is 25.2 Å². The molecule has 1 N–H and O–H groups in total. The van der Waals surface area contributed by atoms with Crippen LogP contribution in [-0.2, 0) is 18.3 Å². The molecule has 118 valence electrons. The van der Waals surface area contributed by atoms with Gasteiger partial charge in [0, 0.05) is 44.8 Å². The second kappa shape index (κ2) is 6.41. The summed E-state index contributed by atoms with van der Waals surface area (Å²) in [5.74, 6) is 2.68. The summed E-state index contributed by atoms with van der Waals surface area (Å²) in [6.07, 6.45) is 3.79. The number of morpholine rings is 1. The van der Waals surface area contributed by atoms with Gasteiger partial charge in [-0.05, 0) is 6.92 Å². The third-order valence-corrected chi connectivity index (χ3v) is 3.93. The number of aryl methyl sites for hydroxylation is 2. The van der Waals surface area contributed by atoms with Gasteiger partial charge in [0.1, 0.15) is 17.5 Å². The zero-order chi connectivity index (χ0) is 15.5. The van der Waals surface area contributed by atoms with E-state index >= 15 is 0 Å². The van der Waals surface area contributed by atoms with Gasteiger partial charge in [-0.25, -0.2) is 15.0 Å². The minimum Gasteiger partial charge on any atom is -0.378 e. The van der Waals surface area contributed by atoms with Crippen LogP contribution in [0.1, 0.15) is 23.4 Å². The van der Waals surface area contributed by atoms with Gasteiger partial charge in [0.05, 0.1) is 25.8 Å². The van der Waals surface area contributed by atoms with Crippen LogP contribution in [-0.4, -0.2) is 51.2 Å². The van der Waals surface area contributed by atoms with E-state index in [1.54, 1.807) is 0 Å². The number of imidazole rings is 1. The first-order chi connectivity index (χ1) is 10.7. The number of anilines is 1. The summed E-state index contributed by atoms with van der Waals surface area (Å²) in [6.45, 7) is 4.94. The van der Waals surface area contributed by atoms with Gasteiger partial charge < -0.3 is 14.6 Å². The van der Waals surface area contributed by atoms with Gasteiger partial charge in [-0.3, -0.25) is 4.90 Å². The quantitative estimate of drug-likeness (QED) is 0.913. The van der Waals surface area contributed by atoms with Gasteiger partial charge >= 0.3 is 0 Å². The second-order valence-corrected chi connectivity index (χ2v) is 5.52. The highest BCUT2D eigenvalue weighted by atomic mass is 16.5. The van der Waals surface area contributed by atoms with E-state index in [0.29, 0.717) is 6.61 Å². The highest BCUT2D eigenvalue weighted by Gasteiger charge is 2.28. The van der Waals surface area contributed by atoms with Crippen molar-refractivity contribution in [3.05, 3.63) is 35.8 Å². The summed E-state index contributed by atoms with van der Waals surface area (Å²) in [5.41, 5.74) is 0.955. The van der Waals surface area contributed by atoms with E-state index in [-0.39, 0.29) is 6.04 Å². The van der Waals surface area contributed by atoms with E-state index in [4.69, 9.17) is 4.74 Å². The first-order valence-corrected chi connectivity index (χ1v) is 7.48. The van der Waals surface area contributed by atoms with E-state index < -0.39 is 0 Å². The van der Waals surface area contributed by atoms with Crippen molar-refractivity contribution in [2.75, 3.05) is 32.1 Å². The van der Waals surface area contributed by atoms with Crippen molar-refractivity contribution >= 4 is 5.82 Å². The summed E-state index contributed by atoms with van der Waals surface area (Å²) in [6, 6.07) is 1.99. The van der Waals surface area contributed by atoms with Crippen molar-refractivity contribution in [1.29, 1.82) is 0 Å². The second-order valence-electron chi connectivity index (χ2n) is 5.52. The van der Waals surface area contributed by atoms with Crippen molar-refractivity contribution < 1.29 is 4.74 Å². The Morgan fingerprint density at radius 3 is 3.00 bits per heavy atom. The van der Waals surface area contributed by atoms with Crippen LogP contribution in [0.25, 0.3) is 0 Å². The molecule has 1 saturated heterocycles. The molecule has 2 aromatic rings. The largest absolute Gasteiger partial charge is 0.378 e. The summed E-state index contributed by atoms with van der Waals surface area (Å²) in [4.78, 5) is 16.0. The van der Waals surface area contributed by atoms with Crippen LogP contribution in [0.15, 0.2) is 18.5 Å². The van der Waals surface area contributed by atoms with Crippen LogP contribution in [0.4, 0.5) is 5.82 Å². The molecule has 7 nitrogen and oxygen atoms in total. The first kappa shape index (κ1) is 14.9. The normalized spacial score (nSPS) is 19.3. The van der Waals surface area contributed by atoms with Gasteiger partial charge in [-0.1, -0.05) is 0 Å².